The lowest BCUT2D eigenvalue weighted by Gasteiger charge is -2.47. The highest BCUT2D eigenvalue weighted by Crippen LogP contribution is 2.49. The first kappa shape index (κ1) is 60.2. The Hall–Kier alpha value is -9.41. The fourth-order valence-corrected chi connectivity index (χ4v) is 10.7. The van der Waals surface area contributed by atoms with Crippen LogP contribution in [0.25, 0.3) is 0 Å². The molecule has 2 aliphatic rings. The monoisotopic (exact) mass is 1150 g/mol. The third-order valence-electron chi connectivity index (χ3n) is 15.3. The molecule has 3 atom stereocenters. The number of fused-ring (bicyclic) bond motifs is 1. The fourth-order valence-electron chi connectivity index (χ4n) is 10.7. The summed E-state index contributed by atoms with van der Waals surface area (Å²) in [4.78, 5) is 83.7. The van der Waals surface area contributed by atoms with Crippen LogP contribution in [0.3, 0.4) is 0 Å². The second-order valence-corrected chi connectivity index (χ2v) is 21.7. The van der Waals surface area contributed by atoms with Crippen molar-refractivity contribution in [1.29, 1.82) is 0 Å². The zero-order valence-electron chi connectivity index (χ0n) is 48.1. The minimum atomic E-state index is -1.01. The lowest BCUT2D eigenvalue weighted by atomic mass is 9.74. The summed E-state index contributed by atoms with van der Waals surface area (Å²) in [7, 11) is 0. The van der Waals surface area contributed by atoms with Crippen LogP contribution < -0.4 is 24.3 Å². The minimum absolute atomic E-state index is 0.0173. The predicted molar refractivity (Wildman–Crippen MR) is 321 cm³/mol. The van der Waals surface area contributed by atoms with E-state index in [1.807, 2.05) is 142 Å². The largest absolute Gasteiger partial charge is 0.485 e. The number of nitrogens with one attached hydrogen (secondary N) is 1. The van der Waals surface area contributed by atoms with Gasteiger partial charge < -0.3 is 33.9 Å². The Bertz CT molecular complexity index is 3470. The number of amides is 2. The maximum atomic E-state index is 14.3. The summed E-state index contributed by atoms with van der Waals surface area (Å²) in [5, 5.41) is 14.4. The van der Waals surface area contributed by atoms with Gasteiger partial charge in [0.15, 0.2) is 28.8 Å². The lowest BCUT2D eigenvalue weighted by Crippen LogP contribution is -2.62. The van der Waals surface area contributed by atoms with E-state index in [0.29, 0.717) is 105 Å². The molecule has 0 bridgehead atoms. The first-order valence-electron chi connectivity index (χ1n) is 28.9. The molecule has 2 amide bonds. The summed E-state index contributed by atoms with van der Waals surface area (Å²) in [6, 6.07) is 53.9. The minimum Gasteiger partial charge on any atom is -0.485 e. The highest BCUT2D eigenvalue weighted by atomic mass is 16.6. The molecule has 16 nitrogen and oxygen atoms in total. The van der Waals surface area contributed by atoms with Crippen LogP contribution >= 0.6 is 0 Å². The third-order valence-corrected chi connectivity index (χ3v) is 15.3. The van der Waals surface area contributed by atoms with Crippen LogP contribution in [0.1, 0.15) is 106 Å². The number of β-lactam (4-membered cyclic amide) rings is 1. The second-order valence-electron chi connectivity index (χ2n) is 21.7. The van der Waals surface area contributed by atoms with Gasteiger partial charge in [-0.2, -0.15) is 0 Å². The number of ketones is 1. The Labute approximate surface area is 495 Å². The lowest BCUT2D eigenvalue weighted by molar-refractivity contribution is -0.384. The number of carbonyl (C=O) groups excluding carboxylic acids is 5. The van der Waals surface area contributed by atoms with Crippen molar-refractivity contribution in [2.45, 2.75) is 85.3 Å². The predicted octanol–water partition coefficient (Wildman–Crippen LogP) is 12.5. The van der Waals surface area contributed by atoms with Crippen molar-refractivity contribution in [1.82, 2.24) is 15.1 Å². The van der Waals surface area contributed by atoms with Gasteiger partial charge in [-0.3, -0.25) is 29.4 Å². The number of benzene rings is 7. The molecule has 0 unspecified atom stereocenters. The van der Waals surface area contributed by atoms with E-state index in [-0.39, 0.29) is 77.9 Å². The topological polar surface area (TPSA) is 193 Å². The summed E-state index contributed by atoms with van der Waals surface area (Å²) in [6.45, 7) is 8.64. The molecule has 438 valence electrons. The van der Waals surface area contributed by atoms with Gasteiger partial charge in [0.05, 0.1) is 22.4 Å². The summed E-state index contributed by atoms with van der Waals surface area (Å²) in [5.74, 6) is -1.33. The standard InChI is InChI=1S/C69H70N4O12/c1-47(2)63-64-48(3)57(65(72(64)67(63)76)69(78)85-68(77)53-29-33-56(34-30-53)73(79)80)42-71(39-19-37-70-66(75)55-32-36-60(82-44-50-22-11-5-12-23-50)62(41-55)84-46-52-26-15-7-16-27-52)38-18-8-17-28-58(74)54-31-35-59(81-43-49-20-9-4-10-21-49)61(40-54)83-45-51-24-13-6-14-25-51/h4-7,9-16,20-27,29-36,40-41,47-48,63-64H,8,17-19,28,37-39,42-46H2,1-3H3,(H,70,75)/t48-,63+,64+/m0/s1. The van der Waals surface area contributed by atoms with E-state index in [9.17, 15) is 34.1 Å². The van der Waals surface area contributed by atoms with E-state index in [1.165, 1.54) is 17.0 Å². The number of nitro groups is 1. The van der Waals surface area contributed by atoms with Gasteiger partial charge in [0, 0.05) is 55.2 Å². The van der Waals surface area contributed by atoms with Crippen molar-refractivity contribution in [3.8, 4) is 23.0 Å². The molecule has 1 saturated heterocycles. The Morgan fingerprint density at radius 3 is 1.55 bits per heavy atom. The van der Waals surface area contributed by atoms with E-state index in [1.54, 1.807) is 36.4 Å². The Balaban J connectivity index is 0.890. The molecule has 0 aliphatic carbocycles. The van der Waals surface area contributed by atoms with Crippen LogP contribution in [-0.2, 0) is 40.8 Å². The average Bonchev–Trinajstić information content (AvgIpc) is 1.69. The zero-order valence-corrected chi connectivity index (χ0v) is 48.1. The Morgan fingerprint density at radius 2 is 1.05 bits per heavy atom. The molecule has 7 aromatic rings. The van der Waals surface area contributed by atoms with Crippen LogP contribution in [0.2, 0.25) is 0 Å². The number of ether oxygens (including phenoxy) is 5. The smallest absolute Gasteiger partial charge is 0.362 e. The van der Waals surface area contributed by atoms with Crippen molar-refractivity contribution < 1.29 is 52.6 Å². The molecule has 85 heavy (non-hydrogen) atoms. The maximum Gasteiger partial charge on any atom is 0.362 e. The number of esters is 2. The van der Waals surface area contributed by atoms with E-state index in [2.05, 4.69) is 10.2 Å². The van der Waals surface area contributed by atoms with E-state index < -0.39 is 16.9 Å². The first-order chi connectivity index (χ1) is 41.3. The molecular weight excluding hydrogens is 1080 g/mol. The van der Waals surface area contributed by atoms with Gasteiger partial charge in [-0.1, -0.05) is 149 Å². The van der Waals surface area contributed by atoms with Crippen molar-refractivity contribution in [3.05, 3.63) is 242 Å². The number of rotatable bonds is 30. The van der Waals surface area contributed by atoms with Gasteiger partial charge in [0.2, 0.25) is 5.91 Å². The van der Waals surface area contributed by atoms with Gasteiger partial charge in [0.1, 0.15) is 32.1 Å². The number of nitrogens with zero attached hydrogens (tertiary/aromatic N) is 3. The molecule has 16 heteroatoms. The summed E-state index contributed by atoms with van der Waals surface area (Å²) >= 11 is 0. The Kier molecular flexibility index (Phi) is 20.7. The number of unbranched alkanes of at least 4 members (excludes halogenated alkanes) is 2. The number of hydrogen-bond donors (Lipinski definition) is 1. The van der Waals surface area contributed by atoms with Crippen LogP contribution in [0.5, 0.6) is 23.0 Å². The Morgan fingerprint density at radius 1 is 0.576 bits per heavy atom. The fraction of sp³-hybridized carbons (Fsp3) is 0.290. The number of hydrogen-bond acceptors (Lipinski definition) is 13. The summed E-state index contributed by atoms with van der Waals surface area (Å²) < 4.78 is 30.4. The van der Waals surface area contributed by atoms with Crippen LogP contribution in [0, 0.1) is 27.9 Å². The number of nitro benzene ring substituents is 1. The quantitative estimate of drug-likeness (QED) is 0.00851. The van der Waals surface area contributed by atoms with Crippen LogP contribution in [0.4, 0.5) is 5.69 Å². The SMILES string of the molecule is CC(C)[C@H]1C(=O)N2C(C(=O)OC(=O)c3ccc([N+](=O)[O-])cc3)=C(CN(CCCCCC(=O)c3ccc(OCc4ccccc4)c(OCc4ccccc4)c3)CCCNC(=O)c3ccc(OCc4ccccc4)c(OCc4ccccc4)c3)[C@H](C)[C@H]12. The highest BCUT2D eigenvalue weighted by molar-refractivity contribution is 6.06. The number of Topliss-reactive ketones (excluding diaryl/α,β-unsaturated/α-hetero) is 1. The van der Waals surface area contributed by atoms with E-state index in [4.69, 9.17) is 23.7 Å². The van der Waals surface area contributed by atoms with Gasteiger partial charge in [-0.05, 0) is 108 Å². The normalized spacial score (nSPS) is 15.2. The van der Waals surface area contributed by atoms with Crippen molar-refractivity contribution in [3.63, 3.8) is 0 Å². The van der Waals surface area contributed by atoms with E-state index in [0.717, 1.165) is 34.4 Å². The molecule has 1 fully saturated rings. The third kappa shape index (κ3) is 15.8. The van der Waals surface area contributed by atoms with Gasteiger partial charge in [-0.15, -0.1) is 0 Å². The molecular formula is C69H70N4O12. The van der Waals surface area contributed by atoms with E-state index >= 15 is 0 Å². The van der Waals surface area contributed by atoms with Crippen molar-refractivity contribution >= 4 is 35.2 Å². The average molecular weight is 1150 g/mol. The van der Waals surface area contributed by atoms with Crippen molar-refractivity contribution in [2.75, 3.05) is 26.2 Å². The van der Waals surface area contributed by atoms with Crippen molar-refractivity contribution in [2.24, 2.45) is 17.8 Å². The molecule has 0 aromatic heterocycles. The van der Waals surface area contributed by atoms with Crippen LogP contribution in [-0.4, -0.2) is 76.5 Å². The number of carbonyl (C=O) groups is 5. The summed E-state index contributed by atoms with van der Waals surface area (Å²) in [6.07, 6.45) is 2.72. The van der Waals surface area contributed by atoms with Crippen LogP contribution in [0.15, 0.2) is 193 Å². The molecule has 0 spiro atoms. The molecule has 2 heterocycles. The first-order valence-corrected chi connectivity index (χ1v) is 28.9. The molecule has 1 N–H and O–H groups in total. The molecule has 2 aliphatic heterocycles. The number of non-ortho nitro benzene ring substituents is 1. The summed E-state index contributed by atoms with van der Waals surface area (Å²) in [5.41, 5.74) is 5.16. The molecule has 9 rings (SSSR count). The maximum absolute atomic E-state index is 14.3. The van der Waals surface area contributed by atoms with Gasteiger partial charge >= 0.3 is 11.9 Å². The zero-order chi connectivity index (χ0) is 59.7. The molecule has 7 aromatic carbocycles. The van der Waals surface area contributed by atoms with Gasteiger partial charge in [-0.25, -0.2) is 9.59 Å². The molecule has 0 saturated carbocycles. The second kappa shape index (κ2) is 29.2. The van der Waals surface area contributed by atoms with Gasteiger partial charge in [0.25, 0.3) is 11.6 Å². The highest BCUT2D eigenvalue weighted by Gasteiger charge is 2.59. The molecule has 0 radical (unpaired) electrons.